The van der Waals surface area contributed by atoms with Crippen molar-refractivity contribution < 1.29 is 4.74 Å². The highest BCUT2D eigenvalue weighted by Crippen LogP contribution is 2.31. The number of hydrogen-bond donors (Lipinski definition) is 1. The van der Waals surface area contributed by atoms with Gasteiger partial charge in [0.2, 0.25) is 0 Å². The maximum absolute atomic E-state index is 6.61. The number of hydrogen-bond acceptors (Lipinski definition) is 3. The first-order chi connectivity index (χ1) is 8.61. The maximum Gasteiger partial charge on any atom is 0.0491 e. The third kappa shape index (κ3) is 3.94. The Morgan fingerprint density at radius 3 is 2.61 bits per heavy atom. The van der Waals surface area contributed by atoms with Crippen LogP contribution in [0.4, 0.5) is 0 Å². The van der Waals surface area contributed by atoms with Gasteiger partial charge in [0, 0.05) is 25.8 Å². The molecule has 2 N–H and O–H groups in total. The van der Waals surface area contributed by atoms with Gasteiger partial charge in [-0.05, 0) is 50.6 Å². The number of rotatable bonds is 4. The van der Waals surface area contributed by atoms with E-state index >= 15 is 0 Å². The third-order valence-electron chi connectivity index (χ3n) is 4.77. The molecule has 1 saturated heterocycles. The molecule has 1 saturated carbocycles. The summed E-state index contributed by atoms with van der Waals surface area (Å²) in [6, 6.07) is 0. The Morgan fingerprint density at radius 2 is 2.00 bits per heavy atom. The molecule has 3 heteroatoms. The molecule has 0 aromatic carbocycles. The highest BCUT2D eigenvalue weighted by molar-refractivity contribution is 4.93. The average molecular weight is 254 g/mol. The zero-order valence-electron chi connectivity index (χ0n) is 12.2. The summed E-state index contributed by atoms with van der Waals surface area (Å²) in [5.74, 6) is 1.58. The zero-order valence-corrected chi connectivity index (χ0v) is 12.2. The van der Waals surface area contributed by atoms with Gasteiger partial charge in [-0.3, -0.25) is 0 Å². The van der Waals surface area contributed by atoms with Crippen LogP contribution in [0.25, 0.3) is 0 Å². The van der Waals surface area contributed by atoms with Crippen LogP contribution < -0.4 is 5.73 Å². The summed E-state index contributed by atoms with van der Waals surface area (Å²) < 4.78 is 5.26. The summed E-state index contributed by atoms with van der Waals surface area (Å²) in [5.41, 5.74) is 6.70. The van der Waals surface area contributed by atoms with E-state index in [1.54, 1.807) is 0 Å². The maximum atomic E-state index is 6.61. The van der Waals surface area contributed by atoms with Gasteiger partial charge in [0.1, 0.15) is 0 Å². The monoisotopic (exact) mass is 254 g/mol. The summed E-state index contributed by atoms with van der Waals surface area (Å²) in [4.78, 5) is 2.59. The summed E-state index contributed by atoms with van der Waals surface area (Å²) in [6.45, 7) is 6.81. The van der Waals surface area contributed by atoms with Crippen molar-refractivity contribution in [3.63, 3.8) is 0 Å². The lowest BCUT2D eigenvalue weighted by Gasteiger charge is -2.42. The van der Waals surface area contributed by atoms with Gasteiger partial charge in [0.15, 0.2) is 0 Å². The first-order valence-corrected chi connectivity index (χ1v) is 7.61. The third-order valence-corrected chi connectivity index (χ3v) is 4.77. The molecule has 2 aliphatic rings. The second-order valence-electron chi connectivity index (χ2n) is 6.74. The summed E-state index contributed by atoms with van der Waals surface area (Å²) in [7, 11) is 1.81. The number of piperidine rings is 1. The molecule has 0 aromatic heterocycles. The van der Waals surface area contributed by atoms with Gasteiger partial charge in [0.05, 0.1) is 0 Å². The number of methoxy groups -OCH3 is 1. The van der Waals surface area contributed by atoms with Gasteiger partial charge in [-0.15, -0.1) is 0 Å². The summed E-state index contributed by atoms with van der Waals surface area (Å²) >= 11 is 0. The van der Waals surface area contributed by atoms with Gasteiger partial charge in [0.25, 0.3) is 0 Å². The van der Waals surface area contributed by atoms with Crippen molar-refractivity contribution in [3.05, 3.63) is 0 Å². The molecule has 18 heavy (non-hydrogen) atoms. The van der Waals surface area contributed by atoms with Crippen LogP contribution in [-0.4, -0.2) is 43.8 Å². The predicted molar refractivity (Wildman–Crippen MR) is 75.6 cm³/mol. The lowest BCUT2D eigenvalue weighted by atomic mass is 9.76. The highest BCUT2D eigenvalue weighted by atomic mass is 16.5. The SMILES string of the molecule is COCC1CCN(CC2(N)CCCC(C)C2)CC1. The number of ether oxygens (including phenoxy) is 1. The van der Waals surface area contributed by atoms with Gasteiger partial charge in [-0.25, -0.2) is 0 Å². The van der Waals surface area contributed by atoms with Crippen molar-refractivity contribution in [2.75, 3.05) is 33.4 Å². The van der Waals surface area contributed by atoms with Crippen molar-refractivity contribution in [2.24, 2.45) is 17.6 Å². The predicted octanol–water partition coefficient (Wildman–Crippen LogP) is 2.25. The quantitative estimate of drug-likeness (QED) is 0.836. The van der Waals surface area contributed by atoms with E-state index in [0.717, 1.165) is 25.0 Å². The molecule has 106 valence electrons. The molecule has 0 aromatic rings. The van der Waals surface area contributed by atoms with Crippen LogP contribution in [0.5, 0.6) is 0 Å². The molecular formula is C15H30N2O. The van der Waals surface area contributed by atoms with Crippen LogP contribution in [-0.2, 0) is 4.74 Å². The molecule has 1 aliphatic carbocycles. The first kappa shape index (κ1) is 14.3. The molecule has 2 fully saturated rings. The summed E-state index contributed by atoms with van der Waals surface area (Å²) in [5, 5.41) is 0. The molecule has 2 rings (SSSR count). The molecule has 2 unspecified atom stereocenters. The minimum atomic E-state index is 0.0890. The number of likely N-dealkylation sites (tertiary alicyclic amines) is 1. The fourth-order valence-electron chi connectivity index (χ4n) is 3.84. The Balaban J connectivity index is 1.76. The molecule has 0 bridgehead atoms. The van der Waals surface area contributed by atoms with E-state index in [9.17, 15) is 0 Å². The molecule has 3 nitrogen and oxygen atoms in total. The number of nitrogens with zero attached hydrogens (tertiary/aromatic N) is 1. The van der Waals surface area contributed by atoms with E-state index in [2.05, 4.69) is 11.8 Å². The second kappa shape index (κ2) is 6.36. The minimum Gasteiger partial charge on any atom is -0.384 e. The average Bonchev–Trinajstić information content (AvgIpc) is 2.31. The van der Waals surface area contributed by atoms with Crippen LogP contribution in [0.2, 0.25) is 0 Å². The summed E-state index contributed by atoms with van der Waals surface area (Å²) in [6.07, 6.45) is 7.67. The van der Waals surface area contributed by atoms with E-state index in [4.69, 9.17) is 10.5 Å². The second-order valence-corrected chi connectivity index (χ2v) is 6.74. The molecule has 0 radical (unpaired) electrons. The molecule has 2 atom stereocenters. The van der Waals surface area contributed by atoms with Crippen LogP contribution in [0.3, 0.4) is 0 Å². The van der Waals surface area contributed by atoms with Crippen molar-refractivity contribution in [3.8, 4) is 0 Å². The van der Waals surface area contributed by atoms with Crippen molar-refractivity contribution in [1.82, 2.24) is 4.90 Å². The fourth-order valence-corrected chi connectivity index (χ4v) is 3.84. The van der Waals surface area contributed by atoms with E-state index in [1.165, 1.54) is 51.6 Å². The molecule has 0 spiro atoms. The van der Waals surface area contributed by atoms with Crippen LogP contribution in [0, 0.1) is 11.8 Å². The van der Waals surface area contributed by atoms with E-state index in [1.807, 2.05) is 7.11 Å². The van der Waals surface area contributed by atoms with Crippen LogP contribution >= 0.6 is 0 Å². The first-order valence-electron chi connectivity index (χ1n) is 7.61. The standard InChI is InChI=1S/C15H30N2O/c1-13-4-3-7-15(16,10-13)12-17-8-5-14(6-9-17)11-18-2/h13-14H,3-12,16H2,1-2H3. The minimum absolute atomic E-state index is 0.0890. The normalized spacial score (nSPS) is 35.8. The topological polar surface area (TPSA) is 38.5 Å². The van der Waals surface area contributed by atoms with Crippen molar-refractivity contribution in [2.45, 2.75) is 51.0 Å². The Hall–Kier alpha value is -0.120. The van der Waals surface area contributed by atoms with Gasteiger partial charge < -0.3 is 15.4 Å². The van der Waals surface area contributed by atoms with Gasteiger partial charge >= 0.3 is 0 Å². The van der Waals surface area contributed by atoms with E-state index < -0.39 is 0 Å². The molecular weight excluding hydrogens is 224 g/mol. The molecule has 1 heterocycles. The Kier molecular flexibility index (Phi) is 5.05. The molecule has 1 aliphatic heterocycles. The highest BCUT2D eigenvalue weighted by Gasteiger charge is 2.33. The Labute approximate surface area is 112 Å². The van der Waals surface area contributed by atoms with E-state index in [0.29, 0.717) is 0 Å². The smallest absolute Gasteiger partial charge is 0.0491 e. The number of nitrogens with two attached hydrogens (primary N) is 1. The van der Waals surface area contributed by atoms with E-state index in [-0.39, 0.29) is 5.54 Å². The zero-order chi connectivity index (χ0) is 13.0. The molecule has 0 amide bonds. The Morgan fingerprint density at radius 1 is 1.28 bits per heavy atom. The lowest BCUT2D eigenvalue weighted by molar-refractivity contribution is 0.0783. The Bertz CT molecular complexity index is 251. The van der Waals surface area contributed by atoms with Crippen LogP contribution in [0.1, 0.15) is 45.4 Å². The van der Waals surface area contributed by atoms with Gasteiger partial charge in [-0.1, -0.05) is 19.8 Å². The van der Waals surface area contributed by atoms with Crippen LogP contribution in [0.15, 0.2) is 0 Å². The lowest BCUT2D eigenvalue weighted by Crippen LogP contribution is -2.54. The van der Waals surface area contributed by atoms with Crippen molar-refractivity contribution in [1.29, 1.82) is 0 Å². The van der Waals surface area contributed by atoms with Gasteiger partial charge in [-0.2, -0.15) is 0 Å². The van der Waals surface area contributed by atoms with Crippen molar-refractivity contribution >= 4 is 0 Å². The fraction of sp³-hybridized carbons (Fsp3) is 1.00. The largest absolute Gasteiger partial charge is 0.384 e.